The second-order valence-corrected chi connectivity index (χ2v) is 10.6. The number of carboxylic acid groups (broad SMARTS) is 1. The highest BCUT2D eigenvalue weighted by molar-refractivity contribution is 7.91. The number of aromatic nitrogens is 2. The highest BCUT2D eigenvalue weighted by Crippen LogP contribution is 2.28. The second kappa shape index (κ2) is 12.8. The number of nitrogens with zero attached hydrogens (tertiary/aromatic N) is 3. The van der Waals surface area contributed by atoms with Crippen molar-refractivity contribution in [3.8, 4) is 11.5 Å². The summed E-state index contributed by atoms with van der Waals surface area (Å²) in [6.45, 7) is 0.416. The van der Waals surface area contributed by atoms with Gasteiger partial charge in [0, 0.05) is 37.3 Å². The molecule has 200 valence electrons. The minimum Gasteiger partial charge on any atom is -0.481 e. The highest BCUT2D eigenvalue weighted by atomic mass is 32.2. The van der Waals surface area contributed by atoms with Gasteiger partial charge in [-0.05, 0) is 71.8 Å². The van der Waals surface area contributed by atoms with E-state index in [4.69, 9.17) is 4.74 Å². The number of nitrogens with one attached hydrogen (secondary N) is 1. The van der Waals surface area contributed by atoms with E-state index < -0.39 is 21.7 Å². The van der Waals surface area contributed by atoms with E-state index in [-0.39, 0.29) is 17.1 Å². The number of carbonyl (C=O) groups is 2. The monoisotopic (exact) mass is 546 g/mol. The number of amides is 1. The molecule has 0 aliphatic carbocycles. The zero-order valence-corrected chi connectivity index (χ0v) is 21.6. The number of benzene rings is 2. The largest absolute Gasteiger partial charge is 0.481 e. The summed E-state index contributed by atoms with van der Waals surface area (Å²) in [7, 11) is -3.78. The van der Waals surface area contributed by atoms with Gasteiger partial charge in [-0.1, -0.05) is 12.1 Å². The fraction of sp³-hybridized carbons (Fsp3) is 0.143. The molecule has 1 unspecified atom stereocenters. The highest BCUT2D eigenvalue weighted by Gasteiger charge is 2.25. The van der Waals surface area contributed by atoms with E-state index in [2.05, 4.69) is 15.4 Å². The fourth-order valence-corrected chi connectivity index (χ4v) is 5.44. The molecule has 1 atom stereocenters. The van der Waals surface area contributed by atoms with Crippen molar-refractivity contribution in [2.45, 2.75) is 23.8 Å². The molecule has 2 N–H and O–H groups in total. The van der Waals surface area contributed by atoms with Crippen LogP contribution in [0.15, 0.2) is 102 Å². The minimum absolute atomic E-state index is 0.0609. The molecule has 2 aromatic heterocycles. The molecule has 0 saturated carbocycles. The van der Waals surface area contributed by atoms with Gasteiger partial charge in [0.15, 0.2) is 9.84 Å². The van der Waals surface area contributed by atoms with Crippen molar-refractivity contribution in [3.05, 3.63) is 109 Å². The van der Waals surface area contributed by atoms with Crippen LogP contribution in [0.5, 0.6) is 11.5 Å². The van der Waals surface area contributed by atoms with Crippen molar-refractivity contribution < 1.29 is 27.9 Å². The lowest BCUT2D eigenvalue weighted by Gasteiger charge is -2.19. The first-order chi connectivity index (χ1) is 18.8. The first kappa shape index (κ1) is 27.4. The average molecular weight is 547 g/mol. The van der Waals surface area contributed by atoms with E-state index in [0.29, 0.717) is 35.7 Å². The van der Waals surface area contributed by atoms with Gasteiger partial charge in [0.05, 0.1) is 22.8 Å². The van der Waals surface area contributed by atoms with Crippen LogP contribution in [-0.2, 0) is 26.0 Å². The molecule has 4 aromatic rings. The Hall–Kier alpha value is -4.61. The predicted octanol–water partition coefficient (Wildman–Crippen LogP) is 3.97. The zero-order valence-electron chi connectivity index (χ0n) is 20.8. The molecule has 10 nitrogen and oxygen atoms in total. The molecule has 11 heteroatoms. The molecule has 0 bridgehead atoms. The zero-order chi connectivity index (χ0) is 27.7. The summed E-state index contributed by atoms with van der Waals surface area (Å²) in [6.07, 6.45) is 6.74. The smallest absolute Gasteiger partial charge is 0.303 e. The number of aliphatic carboxylic acids is 1. The van der Waals surface area contributed by atoms with Crippen LogP contribution >= 0.6 is 0 Å². The molecule has 2 aromatic carbocycles. The SMILES string of the molecule is O=CN(NCc1cccnc1)c1ccc(Oc2ccc(S(=O)(=O)CC(CC(=O)O)c3cccnc3)cc2)cc1. The Morgan fingerprint density at radius 3 is 2.15 bits per heavy atom. The van der Waals surface area contributed by atoms with Crippen molar-refractivity contribution in [1.82, 2.24) is 15.4 Å². The van der Waals surface area contributed by atoms with Gasteiger partial charge >= 0.3 is 5.97 Å². The lowest BCUT2D eigenvalue weighted by molar-refractivity contribution is -0.137. The molecular weight excluding hydrogens is 520 g/mol. The standard InChI is InChI=1S/C28H26N4O6S/c33-20-32(31-17-21-3-1-13-29-16-21)24-5-7-25(8-6-24)38-26-9-11-27(12-10-26)39(36,37)19-23(15-28(34)35)22-4-2-14-30-18-22/h1-14,16,18,20,23,31H,15,17,19H2,(H,34,35). The van der Waals surface area contributed by atoms with Crippen LogP contribution in [-0.4, -0.2) is 41.6 Å². The van der Waals surface area contributed by atoms with Crippen molar-refractivity contribution in [3.63, 3.8) is 0 Å². The molecule has 0 aliphatic rings. The third kappa shape index (κ3) is 7.69. The summed E-state index contributed by atoms with van der Waals surface area (Å²) in [5.74, 6) is -1.28. The van der Waals surface area contributed by atoms with E-state index in [9.17, 15) is 23.1 Å². The van der Waals surface area contributed by atoms with Crippen LogP contribution in [0, 0.1) is 0 Å². The number of hydrogen-bond donors (Lipinski definition) is 2. The van der Waals surface area contributed by atoms with Crippen LogP contribution in [0.1, 0.15) is 23.5 Å². The van der Waals surface area contributed by atoms with E-state index >= 15 is 0 Å². The maximum absolute atomic E-state index is 13.0. The molecule has 39 heavy (non-hydrogen) atoms. The molecule has 0 saturated heterocycles. The Kier molecular flexibility index (Phi) is 8.97. The van der Waals surface area contributed by atoms with Crippen LogP contribution in [0.25, 0.3) is 0 Å². The topological polar surface area (TPSA) is 139 Å². The molecule has 2 heterocycles. The fourth-order valence-electron chi connectivity index (χ4n) is 3.86. The molecule has 4 rings (SSSR count). The number of hydrazine groups is 1. The number of sulfone groups is 1. The van der Waals surface area contributed by atoms with Gasteiger partial charge in [-0.3, -0.25) is 19.6 Å². The second-order valence-electron chi connectivity index (χ2n) is 8.60. The predicted molar refractivity (Wildman–Crippen MR) is 144 cm³/mol. The van der Waals surface area contributed by atoms with Gasteiger partial charge in [0.25, 0.3) is 0 Å². The number of ether oxygens (including phenoxy) is 1. The quantitative estimate of drug-likeness (QED) is 0.188. The van der Waals surface area contributed by atoms with Crippen molar-refractivity contribution in [1.29, 1.82) is 0 Å². The van der Waals surface area contributed by atoms with Gasteiger partial charge < -0.3 is 9.84 Å². The minimum atomic E-state index is -3.78. The van der Waals surface area contributed by atoms with Crippen LogP contribution in [0.2, 0.25) is 0 Å². The maximum atomic E-state index is 13.0. The molecule has 0 spiro atoms. The van der Waals surface area contributed by atoms with Gasteiger partial charge in [0.1, 0.15) is 11.5 Å². The lowest BCUT2D eigenvalue weighted by atomic mass is 10.00. The summed E-state index contributed by atoms with van der Waals surface area (Å²) in [6, 6.07) is 19.7. The van der Waals surface area contributed by atoms with Crippen molar-refractivity contribution in [2.24, 2.45) is 0 Å². The molecule has 0 radical (unpaired) electrons. The summed E-state index contributed by atoms with van der Waals surface area (Å²) in [5.41, 5.74) is 5.09. The summed E-state index contributed by atoms with van der Waals surface area (Å²) in [4.78, 5) is 31.0. The lowest BCUT2D eigenvalue weighted by Crippen LogP contribution is -2.36. The first-order valence-corrected chi connectivity index (χ1v) is 13.6. The Morgan fingerprint density at radius 1 is 0.949 bits per heavy atom. The normalized spacial score (nSPS) is 11.9. The number of carboxylic acids is 1. The van der Waals surface area contributed by atoms with Crippen molar-refractivity contribution >= 4 is 27.9 Å². The first-order valence-electron chi connectivity index (χ1n) is 11.9. The van der Waals surface area contributed by atoms with Gasteiger partial charge in [-0.15, -0.1) is 0 Å². The number of anilines is 1. The van der Waals surface area contributed by atoms with Crippen LogP contribution in [0.4, 0.5) is 5.69 Å². The molecule has 1 amide bonds. The van der Waals surface area contributed by atoms with Gasteiger partial charge in [-0.25, -0.2) is 18.9 Å². The van der Waals surface area contributed by atoms with Gasteiger partial charge in [0.2, 0.25) is 6.41 Å². The maximum Gasteiger partial charge on any atom is 0.303 e. The number of rotatable bonds is 13. The molecular formula is C28H26N4O6S. The number of pyridine rings is 2. The third-order valence-corrected chi connectivity index (χ3v) is 7.64. The summed E-state index contributed by atoms with van der Waals surface area (Å²) in [5, 5.41) is 10.6. The van der Waals surface area contributed by atoms with Crippen molar-refractivity contribution in [2.75, 3.05) is 10.8 Å². The van der Waals surface area contributed by atoms with E-state index in [0.717, 1.165) is 5.56 Å². The van der Waals surface area contributed by atoms with Crippen LogP contribution in [0.3, 0.4) is 0 Å². The average Bonchev–Trinajstić information content (AvgIpc) is 2.95. The third-order valence-electron chi connectivity index (χ3n) is 5.81. The van der Waals surface area contributed by atoms with E-state index in [1.807, 2.05) is 12.1 Å². The summed E-state index contributed by atoms with van der Waals surface area (Å²) >= 11 is 0. The molecule has 0 aliphatic heterocycles. The van der Waals surface area contributed by atoms with E-state index in [1.54, 1.807) is 55.0 Å². The van der Waals surface area contributed by atoms with Crippen LogP contribution < -0.4 is 15.2 Å². The Labute approximate surface area is 225 Å². The Balaban J connectivity index is 1.39. The number of hydrogen-bond acceptors (Lipinski definition) is 8. The number of carbonyl (C=O) groups excluding carboxylic acids is 1. The molecule has 0 fully saturated rings. The van der Waals surface area contributed by atoms with Gasteiger partial charge in [-0.2, -0.15) is 0 Å². The van der Waals surface area contributed by atoms with E-state index in [1.165, 1.54) is 35.5 Å². The summed E-state index contributed by atoms with van der Waals surface area (Å²) < 4.78 is 31.9. The Morgan fingerprint density at radius 2 is 1.59 bits per heavy atom. The Bertz CT molecular complexity index is 1480.